The lowest BCUT2D eigenvalue weighted by Gasteiger charge is -2.25. The van der Waals surface area contributed by atoms with Crippen LogP contribution in [0.3, 0.4) is 0 Å². The van der Waals surface area contributed by atoms with Crippen LogP contribution in [0.1, 0.15) is 37.9 Å². The van der Waals surface area contributed by atoms with Gasteiger partial charge in [-0.3, -0.25) is 14.2 Å². The number of thiazole rings is 1. The first-order valence-electron chi connectivity index (χ1n) is 13.2. The topological polar surface area (TPSA) is 105 Å². The average molecular weight is 585 g/mol. The monoisotopic (exact) mass is 584 g/mol. The number of methoxy groups -OCH3 is 1. The lowest BCUT2D eigenvalue weighted by molar-refractivity contribution is -0.139. The van der Waals surface area contributed by atoms with E-state index in [0.29, 0.717) is 32.1 Å². The van der Waals surface area contributed by atoms with E-state index in [-0.39, 0.29) is 29.2 Å². The van der Waals surface area contributed by atoms with Gasteiger partial charge in [-0.25, -0.2) is 9.79 Å². The predicted molar refractivity (Wildman–Crippen MR) is 158 cm³/mol. The molecule has 9 nitrogen and oxygen atoms in total. The van der Waals surface area contributed by atoms with Crippen molar-refractivity contribution in [3.8, 4) is 23.0 Å². The Morgan fingerprint density at radius 1 is 1.00 bits per heavy atom. The zero-order chi connectivity index (χ0) is 29.8. The van der Waals surface area contributed by atoms with Crippen molar-refractivity contribution in [2.75, 3.05) is 13.7 Å². The Hall–Kier alpha value is -4.96. The molecular weight excluding hydrogens is 556 g/mol. The first-order valence-corrected chi connectivity index (χ1v) is 14.0. The number of fused-ring (bicyclic) bond motifs is 1. The van der Waals surface area contributed by atoms with Crippen molar-refractivity contribution in [2.45, 2.75) is 26.8 Å². The zero-order valence-electron chi connectivity index (χ0n) is 23.5. The summed E-state index contributed by atoms with van der Waals surface area (Å²) in [6, 6.07) is 20.9. The van der Waals surface area contributed by atoms with Crippen LogP contribution >= 0.6 is 11.3 Å². The highest BCUT2D eigenvalue weighted by Crippen LogP contribution is 2.36. The normalized spacial score (nSPS) is 14.6. The Morgan fingerprint density at radius 3 is 2.48 bits per heavy atom. The van der Waals surface area contributed by atoms with Crippen LogP contribution in [-0.2, 0) is 14.3 Å². The van der Waals surface area contributed by atoms with E-state index in [4.69, 9.17) is 18.9 Å². The van der Waals surface area contributed by atoms with Gasteiger partial charge >= 0.3 is 11.9 Å². The van der Waals surface area contributed by atoms with Crippen molar-refractivity contribution in [1.82, 2.24) is 4.57 Å². The number of esters is 2. The molecule has 0 bridgehead atoms. The second kappa shape index (κ2) is 12.3. The molecule has 0 saturated heterocycles. The molecule has 1 aromatic heterocycles. The summed E-state index contributed by atoms with van der Waals surface area (Å²) in [4.78, 5) is 43.8. The molecule has 1 aliphatic rings. The maximum Gasteiger partial charge on any atom is 0.338 e. The molecule has 214 valence electrons. The van der Waals surface area contributed by atoms with Gasteiger partial charge in [0.15, 0.2) is 16.3 Å². The molecule has 0 N–H and O–H groups in total. The van der Waals surface area contributed by atoms with Gasteiger partial charge < -0.3 is 18.9 Å². The molecule has 0 saturated carbocycles. The summed E-state index contributed by atoms with van der Waals surface area (Å²) in [6.07, 6.45) is 1.77. The number of benzene rings is 3. The van der Waals surface area contributed by atoms with Gasteiger partial charge in [-0.05, 0) is 67.4 Å². The van der Waals surface area contributed by atoms with Crippen LogP contribution in [0.5, 0.6) is 23.0 Å². The largest absolute Gasteiger partial charge is 0.493 e. The number of ether oxygens (including phenoxy) is 4. The maximum absolute atomic E-state index is 14.0. The third-order valence-corrected chi connectivity index (χ3v) is 7.39. The molecule has 0 aliphatic carbocycles. The van der Waals surface area contributed by atoms with Crippen LogP contribution in [0, 0.1) is 0 Å². The van der Waals surface area contributed by atoms with Crippen molar-refractivity contribution in [3.05, 3.63) is 115 Å². The van der Waals surface area contributed by atoms with E-state index in [9.17, 15) is 14.4 Å². The summed E-state index contributed by atoms with van der Waals surface area (Å²) in [5.74, 6) is 0.740. The van der Waals surface area contributed by atoms with E-state index >= 15 is 0 Å². The highest BCUT2D eigenvalue weighted by atomic mass is 32.1. The smallest absolute Gasteiger partial charge is 0.338 e. The number of para-hydroxylation sites is 1. The molecule has 0 spiro atoms. The molecule has 0 radical (unpaired) electrons. The quantitative estimate of drug-likeness (QED) is 0.221. The Balaban J connectivity index is 1.63. The molecule has 3 aromatic carbocycles. The Labute approximate surface area is 245 Å². The molecule has 0 fully saturated rings. The molecule has 0 amide bonds. The van der Waals surface area contributed by atoms with E-state index in [0.717, 1.165) is 5.56 Å². The number of hydrogen-bond acceptors (Lipinski definition) is 9. The Bertz CT molecular complexity index is 1870. The Kier molecular flexibility index (Phi) is 8.35. The summed E-state index contributed by atoms with van der Waals surface area (Å²) >= 11 is 1.22. The van der Waals surface area contributed by atoms with E-state index in [1.54, 1.807) is 38.1 Å². The SMILES string of the molecule is CCOC(=O)C1=C(C)N=c2s/c(=C\c3cccc(Oc4ccccc4)c3)c(=O)n2[C@H]1c1ccc(OC(C)=O)c(OC)c1. The Morgan fingerprint density at radius 2 is 1.76 bits per heavy atom. The molecule has 0 unspecified atom stereocenters. The number of carbonyl (C=O) groups is 2. The van der Waals surface area contributed by atoms with Gasteiger partial charge in [0.05, 0.1) is 35.6 Å². The first kappa shape index (κ1) is 28.6. The van der Waals surface area contributed by atoms with E-state index < -0.39 is 18.0 Å². The number of hydrogen-bond donors (Lipinski definition) is 0. The van der Waals surface area contributed by atoms with Crippen LogP contribution < -0.4 is 29.1 Å². The highest BCUT2D eigenvalue weighted by Gasteiger charge is 2.34. The van der Waals surface area contributed by atoms with Crippen molar-refractivity contribution in [2.24, 2.45) is 4.99 Å². The second-order valence-corrected chi connectivity index (χ2v) is 10.3. The van der Waals surface area contributed by atoms with Gasteiger partial charge in [-0.2, -0.15) is 0 Å². The fourth-order valence-corrected chi connectivity index (χ4v) is 5.69. The van der Waals surface area contributed by atoms with E-state index in [2.05, 4.69) is 4.99 Å². The van der Waals surface area contributed by atoms with Crippen LogP contribution in [0.2, 0.25) is 0 Å². The third kappa shape index (κ3) is 5.89. The first-order chi connectivity index (χ1) is 20.3. The number of carbonyl (C=O) groups excluding carboxylic acids is 2. The fourth-order valence-electron chi connectivity index (χ4n) is 4.64. The number of nitrogens with zero attached hydrogens (tertiary/aromatic N) is 2. The molecule has 5 rings (SSSR count). The predicted octanol–water partition coefficient (Wildman–Crippen LogP) is 4.52. The molecule has 4 aromatic rings. The van der Waals surface area contributed by atoms with Gasteiger partial charge in [-0.15, -0.1) is 0 Å². The zero-order valence-corrected chi connectivity index (χ0v) is 24.3. The van der Waals surface area contributed by atoms with Crippen LogP contribution in [0.15, 0.2) is 93.9 Å². The molecule has 1 atom stereocenters. The highest BCUT2D eigenvalue weighted by molar-refractivity contribution is 7.07. The summed E-state index contributed by atoms with van der Waals surface area (Å²) in [5, 5.41) is 0. The molecule has 1 aliphatic heterocycles. The summed E-state index contributed by atoms with van der Waals surface area (Å²) in [6.45, 7) is 4.87. The number of rotatable bonds is 8. The fraction of sp³-hybridized carbons (Fsp3) is 0.188. The summed E-state index contributed by atoms with van der Waals surface area (Å²) in [5.41, 5.74) is 1.67. The molecule has 10 heteroatoms. The van der Waals surface area contributed by atoms with Crippen LogP contribution in [-0.4, -0.2) is 30.2 Å². The number of allylic oxidation sites excluding steroid dienone is 1. The minimum Gasteiger partial charge on any atom is -0.493 e. The van der Waals surface area contributed by atoms with Crippen molar-refractivity contribution < 1.29 is 28.5 Å². The molecular formula is C32H28N2O7S. The summed E-state index contributed by atoms with van der Waals surface area (Å²) < 4.78 is 24.0. The maximum atomic E-state index is 14.0. The minimum atomic E-state index is -0.851. The lowest BCUT2D eigenvalue weighted by Crippen LogP contribution is -2.40. The summed E-state index contributed by atoms with van der Waals surface area (Å²) in [7, 11) is 1.44. The van der Waals surface area contributed by atoms with Gasteiger partial charge in [0.25, 0.3) is 5.56 Å². The van der Waals surface area contributed by atoms with Crippen molar-refractivity contribution in [1.29, 1.82) is 0 Å². The number of aromatic nitrogens is 1. The van der Waals surface area contributed by atoms with Crippen molar-refractivity contribution >= 4 is 29.4 Å². The van der Waals surface area contributed by atoms with Crippen molar-refractivity contribution in [3.63, 3.8) is 0 Å². The molecule has 2 heterocycles. The average Bonchev–Trinajstić information content (AvgIpc) is 3.27. The van der Waals surface area contributed by atoms with Gasteiger partial charge in [0, 0.05) is 6.92 Å². The van der Waals surface area contributed by atoms with Gasteiger partial charge in [-0.1, -0.05) is 47.7 Å². The molecule has 42 heavy (non-hydrogen) atoms. The van der Waals surface area contributed by atoms with E-state index in [1.807, 2.05) is 54.6 Å². The van der Waals surface area contributed by atoms with Gasteiger partial charge in [0.1, 0.15) is 11.5 Å². The van der Waals surface area contributed by atoms with E-state index in [1.165, 1.54) is 29.9 Å². The minimum absolute atomic E-state index is 0.156. The second-order valence-electron chi connectivity index (χ2n) is 9.29. The van der Waals surface area contributed by atoms with Crippen LogP contribution in [0.25, 0.3) is 6.08 Å². The lowest BCUT2D eigenvalue weighted by atomic mass is 9.95. The van der Waals surface area contributed by atoms with Gasteiger partial charge in [0.2, 0.25) is 0 Å². The third-order valence-electron chi connectivity index (χ3n) is 6.41. The standard InChI is InChI=1S/C32H28N2O7S/c1-5-39-31(37)28-19(2)33-32-34(29(28)22-14-15-25(40-20(3)35)26(18-22)38-4)30(36)27(42-32)17-21-10-9-13-24(16-21)41-23-11-7-6-8-12-23/h6-18,29H,5H2,1-4H3/b27-17-/t29-/m0/s1. The van der Waals surface area contributed by atoms with Crippen LogP contribution in [0.4, 0.5) is 0 Å².